The average Bonchev–Trinajstić information content (AvgIpc) is 2.76. The molecule has 3 aromatic rings. The van der Waals surface area contributed by atoms with Crippen LogP contribution in [0.5, 0.6) is 0 Å². The van der Waals surface area contributed by atoms with Crippen LogP contribution in [0.2, 0.25) is 0 Å². The summed E-state index contributed by atoms with van der Waals surface area (Å²) in [6, 6.07) is 2.94. The second kappa shape index (κ2) is 9.97. The van der Waals surface area contributed by atoms with Crippen LogP contribution in [0, 0.1) is 0 Å². The van der Waals surface area contributed by atoms with E-state index in [0.717, 1.165) is 18.2 Å². The Bertz CT molecular complexity index is 1350. The maximum absolute atomic E-state index is 13.5. The summed E-state index contributed by atoms with van der Waals surface area (Å²) in [6.45, 7) is 0. The summed E-state index contributed by atoms with van der Waals surface area (Å²) in [6.07, 6.45) is -21.8. The number of hydrogen-bond acceptors (Lipinski definition) is 2. The highest BCUT2D eigenvalue weighted by atomic mass is 32.2. The Balaban J connectivity index is 2.55. The third-order valence-corrected chi connectivity index (χ3v) is 8.53. The zero-order valence-corrected chi connectivity index (χ0v) is 20.1. The lowest BCUT2D eigenvalue weighted by Crippen LogP contribution is -2.28. The van der Waals surface area contributed by atoms with Crippen LogP contribution in [0.4, 0.5) is 52.7 Å². The molecule has 0 saturated heterocycles. The van der Waals surface area contributed by atoms with Crippen LogP contribution in [0.25, 0.3) is 0 Å². The molecule has 1 N–H and O–H groups in total. The quantitative estimate of drug-likeness (QED) is 0.201. The average molecular weight is 614 g/mol. The molecule has 0 aromatic heterocycles. The summed E-state index contributed by atoms with van der Waals surface area (Å²) in [7, 11) is -8.64. The van der Waals surface area contributed by atoms with E-state index in [-0.39, 0.29) is 36.4 Å². The summed E-state index contributed by atoms with van der Waals surface area (Å²) >= 11 is 0. The van der Waals surface area contributed by atoms with Gasteiger partial charge in [0.2, 0.25) is 0 Å². The largest absolute Gasteiger partial charge is 0.416 e. The number of halogens is 12. The van der Waals surface area contributed by atoms with Crippen molar-refractivity contribution in [3.63, 3.8) is 0 Å². The molecular weight excluding hydrogens is 603 g/mol. The summed E-state index contributed by atoms with van der Waals surface area (Å²) < 4.78 is 196. The summed E-state index contributed by atoms with van der Waals surface area (Å²) in [4.78, 5) is -1.15. The van der Waals surface area contributed by atoms with Crippen molar-refractivity contribution in [3.05, 3.63) is 82.9 Å². The molecule has 0 heterocycles. The number of rotatable bonds is 4. The van der Waals surface area contributed by atoms with Crippen LogP contribution in [-0.4, -0.2) is 13.0 Å². The Morgan fingerprint density at radius 3 is 1.13 bits per heavy atom. The third-order valence-electron chi connectivity index (χ3n) is 5.05. The van der Waals surface area contributed by atoms with E-state index in [9.17, 15) is 65.7 Å². The molecule has 0 amide bonds. The van der Waals surface area contributed by atoms with Gasteiger partial charge in [-0.25, -0.2) is 0 Å². The van der Waals surface area contributed by atoms with Crippen molar-refractivity contribution in [2.45, 2.75) is 29.6 Å². The Morgan fingerprint density at radius 2 is 0.846 bits per heavy atom. The van der Waals surface area contributed by atoms with Crippen LogP contribution >= 0.6 is 7.92 Å². The van der Waals surface area contributed by atoms with E-state index in [1.807, 2.05) is 0 Å². The predicted octanol–water partition coefficient (Wildman–Crippen LogP) is 6.77. The first-order chi connectivity index (χ1) is 17.5. The smallest absolute Gasteiger partial charge is 0.282 e. The number of hydrogen-bond donors (Lipinski definition) is 1. The second-order valence-corrected chi connectivity index (χ2v) is 11.4. The standard InChI is InChI=1S/C22H11F12O3PS/c23-19(24,25)11-5-12(20(26,27)28)8-15(7-11)38(17-3-1-2-4-18(17)39(35,36)37)16-9-13(21(29,30)31)6-14(10-16)22(32,33)34/h1-10H,(H,35,36,37). The van der Waals surface area contributed by atoms with Gasteiger partial charge >= 0.3 is 24.7 Å². The van der Waals surface area contributed by atoms with Crippen LogP contribution in [0.3, 0.4) is 0 Å². The highest BCUT2D eigenvalue weighted by molar-refractivity contribution is 7.88. The molecule has 3 nitrogen and oxygen atoms in total. The lowest BCUT2D eigenvalue weighted by molar-refractivity contribution is -0.144. The van der Waals surface area contributed by atoms with Crippen LogP contribution in [-0.2, 0) is 34.8 Å². The van der Waals surface area contributed by atoms with Crippen molar-refractivity contribution in [2.24, 2.45) is 0 Å². The molecular formula is C22H11F12O3PS. The summed E-state index contributed by atoms with van der Waals surface area (Å²) in [5.41, 5.74) is -7.81. The fourth-order valence-corrected chi connectivity index (χ4v) is 7.08. The topological polar surface area (TPSA) is 54.4 Å². The molecule has 0 aliphatic carbocycles. The minimum atomic E-state index is -5.45. The maximum atomic E-state index is 13.5. The molecule has 0 aliphatic rings. The van der Waals surface area contributed by atoms with Gasteiger partial charge in [-0.2, -0.15) is 61.1 Å². The Labute approximate surface area is 212 Å². The molecule has 0 atom stereocenters. The van der Waals surface area contributed by atoms with Crippen LogP contribution < -0.4 is 15.9 Å². The maximum Gasteiger partial charge on any atom is 0.416 e. The SMILES string of the molecule is O=S(=O)(O)c1ccccc1P(c1cc(C(F)(F)F)cc(C(F)(F)F)c1)c1cc(C(F)(F)F)cc(C(F)(F)F)c1. The van der Waals surface area contributed by atoms with Gasteiger partial charge in [-0.15, -0.1) is 0 Å². The van der Waals surface area contributed by atoms with Gasteiger partial charge in [0.1, 0.15) is 4.90 Å². The second-order valence-electron chi connectivity index (χ2n) is 7.81. The molecule has 0 saturated carbocycles. The summed E-state index contributed by atoms with van der Waals surface area (Å²) in [5, 5.41) is -3.00. The third kappa shape index (κ3) is 7.03. The highest BCUT2D eigenvalue weighted by Gasteiger charge is 2.41. The van der Waals surface area contributed by atoms with E-state index in [1.54, 1.807) is 0 Å². The zero-order chi connectivity index (χ0) is 29.8. The van der Waals surface area contributed by atoms with Gasteiger partial charge in [0.25, 0.3) is 10.1 Å². The van der Waals surface area contributed by atoms with E-state index in [1.165, 1.54) is 0 Å². The highest BCUT2D eigenvalue weighted by Crippen LogP contribution is 2.43. The molecule has 0 spiro atoms. The fraction of sp³-hybridized carbons (Fsp3) is 0.182. The first-order valence-corrected chi connectivity index (χ1v) is 12.7. The minimum Gasteiger partial charge on any atom is -0.282 e. The normalized spacial score (nSPS) is 13.7. The molecule has 0 aliphatic heterocycles. The molecule has 212 valence electrons. The first-order valence-electron chi connectivity index (χ1n) is 9.95. The van der Waals surface area contributed by atoms with Crippen molar-refractivity contribution >= 4 is 34.0 Å². The summed E-state index contributed by atoms with van der Waals surface area (Å²) in [5.74, 6) is 0. The van der Waals surface area contributed by atoms with Crippen LogP contribution in [0.1, 0.15) is 22.3 Å². The molecule has 0 unspecified atom stereocenters. The molecule has 0 fully saturated rings. The lowest BCUT2D eigenvalue weighted by atomic mass is 10.1. The van der Waals surface area contributed by atoms with Gasteiger partial charge in [-0.1, -0.05) is 18.2 Å². The molecule has 0 bridgehead atoms. The number of benzene rings is 3. The van der Waals surface area contributed by atoms with Crippen molar-refractivity contribution in [1.82, 2.24) is 0 Å². The van der Waals surface area contributed by atoms with E-state index in [4.69, 9.17) is 0 Å². The van der Waals surface area contributed by atoms with E-state index in [0.29, 0.717) is 6.07 Å². The first kappa shape index (κ1) is 30.7. The molecule has 17 heteroatoms. The van der Waals surface area contributed by atoms with Gasteiger partial charge in [0.05, 0.1) is 22.3 Å². The van der Waals surface area contributed by atoms with Crippen molar-refractivity contribution in [1.29, 1.82) is 0 Å². The zero-order valence-electron chi connectivity index (χ0n) is 18.4. The van der Waals surface area contributed by atoms with Crippen molar-refractivity contribution < 1.29 is 65.7 Å². The van der Waals surface area contributed by atoms with Gasteiger partial charge in [0, 0.05) is 5.30 Å². The fourth-order valence-electron chi connectivity index (χ4n) is 3.42. The van der Waals surface area contributed by atoms with E-state index in [2.05, 4.69) is 0 Å². The van der Waals surface area contributed by atoms with Gasteiger partial charge in [-0.05, 0) is 61.0 Å². The molecule has 0 radical (unpaired) electrons. The van der Waals surface area contributed by atoms with E-state index >= 15 is 0 Å². The Kier molecular flexibility index (Phi) is 7.85. The van der Waals surface area contributed by atoms with E-state index < -0.39 is 85.8 Å². The monoisotopic (exact) mass is 614 g/mol. The minimum absolute atomic E-state index is 0.0647. The Hall–Kier alpha value is -2.84. The predicted molar refractivity (Wildman–Crippen MR) is 115 cm³/mol. The van der Waals surface area contributed by atoms with Gasteiger partial charge < -0.3 is 0 Å². The molecule has 3 rings (SSSR count). The number of alkyl halides is 12. The van der Waals surface area contributed by atoms with Crippen molar-refractivity contribution in [2.75, 3.05) is 0 Å². The van der Waals surface area contributed by atoms with Gasteiger partial charge in [0.15, 0.2) is 0 Å². The van der Waals surface area contributed by atoms with Crippen molar-refractivity contribution in [3.8, 4) is 0 Å². The lowest BCUT2D eigenvalue weighted by Gasteiger charge is -2.25. The van der Waals surface area contributed by atoms with Crippen LogP contribution in [0.15, 0.2) is 65.6 Å². The van der Waals surface area contributed by atoms with Gasteiger partial charge in [-0.3, -0.25) is 4.55 Å². The molecule has 3 aromatic carbocycles. The molecule has 39 heavy (non-hydrogen) atoms. The Morgan fingerprint density at radius 1 is 0.538 bits per heavy atom.